The van der Waals surface area contributed by atoms with E-state index in [9.17, 15) is 5.11 Å². The van der Waals surface area contributed by atoms with Crippen molar-refractivity contribution in [3.05, 3.63) is 46.5 Å². The molecule has 0 saturated heterocycles. The van der Waals surface area contributed by atoms with E-state index >= 15 is 0 Å². The summed E-state index contributed by atoms with van der Waals surface area (Å²) in [5.74, 6) is 0. The van der Waals surface area contributed by atoms with Gasteiger partial charge in [0.05, 0.1) is 11.4 Å². The first-order chi connectivity index (χ1) is 9.10. The minimum absolute atomic E-state index is 0.386. The Bertz CT molecular complexity index is 524. The Balaban J connectivity index is 2.04. The zero-order chi connectivity index (χ0) is 13.8. The molecule has 2 atom stereocenters. The third kappa shape index (κ3) is 3.64. The van der Waals surface area contributed by atoms with Crippen LogP contribution in [-0.4, -0.2) is 19.9 Å². The summed E-state index contributed by atoms with van der Waals surface area (Å²) < 4.78 is 2.85. The van der Waals surface area contributed by atoms with E-state index in [0.29, 0.717) is 18.2 Å². The van der Waals surface area contributed by atoms with E-state index in [1.807, 2.05) is 29.1 Å². The van der Waals surface area contributed by atoms with E-state index in [1.54, 1.807) is 6.20 Å². The molecule has 0 aliphatic carbocycles. The Morgan fingerprint density at radius 3 is 2.79 bits per heavy atom. The second-order valence-corrected chi connectivity index (χ2v) is 5.58. The van der Waals surface area contributed by atoms with Gasteiger partial charge in [-0.1, -0.05) is 6.92 Å². The van der Waals surface area contributed by atoms with E-state index in [1.165, 1.54) is 0 Å². The third-order valence-electron chi connectivity index (χ3n) is 3.20. The molecule has 0 saturated carbocycles. The molecule has 2 heterocycles. The SMILES string of the molecule is CCC(C)n1ccc(CC(O)c2ccc(Br)cn2)n1. The van der Waals surface area contributed by atoms with E-state index < -0.39 is 6.10 Å². The summed E-state index contributed by atoms with van der Waals surface area (Å²) in [6.45, 7) is 4.26. The fourth-order valence-corrected chi connectivity index (χ4v) is 2.04. The van der Waals surface area contributed by atoms with E-state index in [4.69, 9.17) is 0 Å². The van der Waals surface area contributed by atoms with Crippen LogP contribution in [0.1, 0.15) is 43.8 Å². The van der Waals surface area contributed by atoms with Gasteiger partial charge < -0.3 is 5.11 Å². The van der Waals surface area contributed by atoms with Crippen molar-refractivity contribution in [3.63, 3.8) is 0 Å². The van der Waals surface area contributed by atoms with Gasteiger partial charge in [-0.15, -0.1) is 0 Å². The Morgan fingerprint density at radius 2 is 2.16 bits per heavy atom. The normalized spacial score (nSPS) is 14.3. The molecule has 2 aromatic heterocycles. The molecule has 0 radical (unpaired) electrons. The largest absolute Gasteiger partial charge is 0.386 e. The predicted octanol–water partition coefficient (Wildman–Crippen LogP) is 3.29. The number of aliphatic hydroxyl groups is 1. The molecule has 5 heteroatoms. The van der Waals surface area contributed by atoms with E-state index in [-0.39, 0.29) is 0 Å². The molecule has 2 rings (SSSR count). The molecule has 0 aromatic carbocycles. The Hall–Kier alpha value is -1.20. The summed E-state index contributed by atoms with van der Waals surface area (Å²) in [5.41, 5.74) is 1.55. The summed E-state index contributed by atoms with van der Waals surface area (Å²) in [7, 11) is 0. The predicted molar refractivity (Wildman–Crippen MR) is 77.8 cm³/mol. The quantitative estimate of drug-likeness (QED) is 0.918. The smallest absolute Gasteiger partial charge is 0.102 e. The number of nitrogens with zero attached hydrogens (tertiary/aromatic N) is 3. The molecule has 0 amide bonds. The zero-order valence-corrected chi connectivity index (χ0v) is 12.7. The van der Waals surface area contributed by atoms with Crippen molar-refractivity contribution in [2.75, 3.05) is 0 Å². The van der Waals surface area contributed by atoms with Gasteiger partial charge in [0.15, 0.2) is 0 Å². The summed E-state index contributed by atoms with van der Waals surface area (Å²) in [4.78, 5) is 4.20. The lowest BCUT2D eigenvalue weighted by Gasteiger charge is -2.10. The third-order valence-corrected chi connectivity index (χ3v) is 3.67. The van der Waals surface area contributed by atoms with E-state index in [0.717, 1.165) is 16.6 Å². The average molecular weight is 324 g/mol. The molecule has 0 aliphatic heterocycles. The van der Waals surface area contributed by atoms with Crippen molar-refractivity contribution in [3.8, 4) is 0 Å². The van der Waals surface area contributed by atoms with Gasteiger partial charge in [0, 0.05) is 29.3 Å². The van der Waals surface area contributed by atoms with Gasteiger partial charge in [-0.05, 0) is 47.5 Å². The molecular weight excluding hydrogens is 306 g/mol. The molecule has 0 bridgehead atoms. The monoisotopic (exact) mass is 323 g/mol. The van der Waals surface area contributed by atoms with Crippen molar-refractivity contribution < 1.29 is 5.11 Å². The van der Waals surface area contributed by atoms with Gasteiger partial charge in [0.1, 0.15) is 6.10 Å². The van der Waals surface area contributed by atoms with Crippen LogP contribution in [-0.2, 0) is 6.42 Å². The maximum absolute atomic E-state index is 10.1. The summed E-state index contributed by atoms with van der Waals surface area (Å²) in [6.07, 6.45) is 4.56. The van der Waals surface area contributed by atoms with Crippen molar-refractivity contribution >= 4 is 15.9 Å². The van der Waals surface area contributed by atoms with Crippen LogP contribution < -0.4 is 0 Å². The lowest BCUT2D eigenvalue weighted by Crippen LogP contribution is -2.07. The maximum atomic E-state index is 10.1. The first kappa shape index (κ1) is 14.2. The molecule has 2 aromatic rings. The lowest BCUT2D eigenvalue weighted by molar-refractivity contribution is 0.172. The highest BCUT2D eigenvalue weighted by Gasteiger charge is 2.12. The van der Waals surface area contributed by atoms with Gasteiger partial charge in [-0.25, -0.2) is 0 Å². The number of aliphatic hydroxyl groups excluding tert-OH is 1. The maximum Gasteiger partial charge on any atom is 0.102 e. The molecule has 19 heavy (non-hydrogen) atoms. The molecular formula is C14H18BrN3O. The van der Waals surface area contributed by atoms with Crippen LogP contribution >= 0.6 is 15.9 Å². The van der Waals surface area contributed by atoms with Gasteiger partial charge in [0.25, 0.3) is 0 Å². The Kier molecular flexibility index (Phi) is 4.71. The number of pyridine rings is 1. The molecule has 4 nitrogen and oxygen atoms in total. The second-order valence-electron chi connectivity index (χ2n) is 4.67. The summed E-state index contributed by atoms with van der Waals surface area (Å²) >= 11 is 3.33. The number of aromatic nitrogens is 3. The lowest BCUT2D eigenvalue weighted by atomic mass is 10.1. The van der Waals surface area contributed by atoms with Crippen LogP contribution in [0.15, 0.2) is 35.1 Å². The molecule has 0 fully saturated rings. The van der Waals surface area contributed by atoms with Crippen molar-refractivity contribution in [1.82, 2.24) is 14.8 Å². The van der Waals surface area contributed by atoms with Gasteiger partial charge in [-0.2, -0.15) is 5.10 Å². The molecule has 0 aliphatic rings. The average Bonchev–Trinajstić information content (AvgIpc) is 2.87. The number of hydrogen-bond acceptors (Lipinski definition) is 3. The Morgan fingerprint density at radius 1 is 1.37 bits per heavy atom. The summed E-state index contributed by atoms with van der Waals surface area (Å²) in [5, 5.41) is 14.6. The van der Waals surface area contributed by atoms with Crippen LogP contribution in [0, 0.1) is 0 Å². The minimum Gasteiger partial charge on any atom is -0.386 e. The fraction of sp³-hybridized carbons (Fsp3) is 0.429. The Labute approximate surface area is 121 Å². The number of hydrogen-bond donors (Lipinski definition) is 1. The van der Waals surface area contributed by atoms with Crippen molar-refractivity contribution in [1.29, 1.82) is 0 Å². The number of rotatable bonds is 5. The summed E-state index contributed by atoms with van der Waals surface area (Å²) in [6, 6.07) is 6.04. The molecule has 2 unspecified atom stereocenters. The van der Waals surface area contributed by atoms with Crippen LogP contribution in [0.25, 0.3) is 0 Å². The van der Waals surface area contributed by atoms with Gasteiger partial charge in [0.2, 0.25) is 0 Å². The molecule has 1 N–H and O–H groups in total. The van der Waals surface area contributed by atoms with Crippen LogP contribution in [0.4, 0.5) is 0 Å². The fourth-order valence-electron chi connectivity index (χ4n) is 1.81. The van der Waals surface area contributed by atoms with Crippen LogP contribution in [0.3, 0.4) is 0 Å². The first-order valence-corrected chi connectivity index (χ1v) is 7.23. The second kappa shape index (κ2) is 6.30. The highest BCUT2D eigenvalue weighted by atomic mass is 79.9. The molecule has 102 valence electrons. The first-order valence-electron chi connectivity index (χ1n) is 6.43. The van der Waals surface area contributed by atoms with Gasteiger partial charge >= 0.3 is 0 Å². The highest BCUT2D eigenvalue weighted by Crippen LogP contribution is 2.18. The van der Waals surface area contributed by atoms with Crippen LogP contribution in [0.5, 0.6) is 0 Å². The zero-order valence-electron chi connectivity index (χ0n) is 11.1. The number of halogens is 1. The van der Waals surface area contributed by atoms with Gasteiger partial charge in [-0.3, -0.25) is 9.67 Å². The standard InChI is InChI=1S/C14H18BrN3O/c1-3-10(2)18-7-6-12(17-18)8-14(19)13-5-4-11(15)9-16-13/h4-7,9-10,14,19H,3,8H2,1-2H3. The topological polar surface area (TPSA) is 50.9 Å². The molecule has 0 spiro atoms. The van der Waals surface area contributed by atoms with Crippen molar-refractivity contribution in [2.45, 2.75) is 38.8 Å². The van der Waals surface area contributed by atoms with Crippen LogP contribution in [0.2, 0.25) is 0 Å². The minimum atomic E-state index is -0.617. The van der Waals surface area contributed by atoms with E-state index in [2.05, 4.69) is 39.9 Å². The highest BCUT2D eigenvalue weighted by molar-refractivity contribution is 9.10. The van der Waals surface area contributed by atoms with Crippen molar-refractivity contribution in [2.24, 2.45) is 0 Å².